The van der Waals surface area contributed by atoms with Gasteiger partial charge >= 0.3 is 6.09 Å². The summed E-state index contributed by atoms with van der Waals surface area (Å²) in [4.78, 5) is 14.9. The average Bonchev–Trinajstić information content (AvgIpc) is 3.35. The van der Waals surface area contributed by atoms with E-state index in [4.69, 9.17) is 14.2 Å². The van der Waals surface area contributed by atoms with Crippen LogP contribution in [0.25, 0.3) is 11.1 Å². The summed E-state index contributed by atoms with van der Waals surface area (Å²) >= 11 is 0. The molecular weight excluding hydrogens is 674 g/mol. The Kier molecular flexibility index (Phi) is 11.3. The zero-order valence-electron chi connectivity index (χ0n) is 29.3. The number of carbonyl (C=O) groups excluding carboxylic acids is 1. The van der Waals surface area contributed by atoms with E-state index in [1.807, 2.05) is 57.2 Å². The summed E-state index contributed by atoms with van der Waals surface area (Å²) in [5, 5.41) is 80.9. The first kappa shape index (κ1) is 38.2. The summed E-state index contributed by atoms with van der Waals surface area (Å²) < 4.78 is 16.9. The maximum Gasteiger partial charge on any atom is 0.410 e. The van der Waals surface area contributed by atoms with Gasteiger partial charge in [-0.3, -0.25) is 0 Å². The van der Waals surface area contributed by atoms with Crippen LogP contribution in [0.1, 0.15) is 67.7 Å². The molecule has 0 radical (unpaired) electrons. The zero-order chi connectivity index (χ0) is 37.5. The van der Waals surface area contributed by atoms with Crippen molar-refractivity contribution in [3.8, 4) is 34.8 Å². The number of benzene rings is 2. The summed E-state index contributed by atoms with van der Waals surface area (Å²) in [6, 6.07) is 11.6. The van der Waals surface area contributed by atoms with Gasteiger partial charge in [-0.2, -0.15) is 0 Å². The molecule has 4 aliphatic rings. The van der Waals surface area contributed by atoms with Crippen LogP contribution >= 0.6 is 0 Å². The van der Waals surface area contributed by atoms with Crippen molar-refractivity contribution in [1.29, 1.82) is 0 Å². The quantitative estimate of drug-likeness (QED) is 0.192. The summed E-state index contributed by atoms with van der Waals surface area (Å²) in [7, 11) is 0. The molecule has 3 fully saturated rings. The van der Waals surface area contributed by atoms with E-state index >= 15 is 0 Å². The van der Waals surface area contributed by atoms with Gasteiger partial charge in [-0.1, -0.05) is 35.8 Å². The molecular formula is C39H47NO12. The SMILES string of the molecule is CC(C)(C)OC(=O)N1CCC2c3cc(C#C[C@H]4O[C@H](CO)[C@@H](O)[C@H](O)[C@@H]4O)ccc3-c3ccc(C#C[C@H]4O[C@H](CO)[C@@H](O)[C@H](O)[C@@H]4O)cc3C2CC1. The Morgan fingerprint density at radius 1 is 0.712 bits per heavy atom. The lowest BCUT2D eigenvalue weighted by Crippen LogP contribution is -2.58. The summed E-state index contributed by atoms with van der Waals surface area (Å²) in [5.41, 5.74) is 4.64. The predicted octanol–water partition coefficient (Wildman–Crippen LogP) is -0.0469. The van der Waals surface area contributed by atoms with Gasteiger partial charge in [-0.15, -0.1) is 0 Å². The number of fused-ring (bicyclic) bond motifs is 6. The fourth-order valence-electron chi connectivity index (χ4n) is 7.49. The lowest BCUT2D eigenvalue weighted by atomic mass is 9.69. The Labute approximate surface area is 302 Å². The largest absolute Gasteiger partial charge is 0.444 e. The third-order valence-electron chi connectivity index (χ3n) is 10.3. The van der Waals surface area contributed by atoms with Crippen LogP contribution in [0.5, 0.6) is 0 Å². The van der Waals surface area contributed by atoms with E-state index in [0.717, 1.165) is 22.3 Å². The molecule has 6 rings (SSSR count). The molecule has 3 heterocycles. The minimum atomic E-state index is -1.53. The van der Waals surface area contributed by atoms with Crippen LogP contribution in [0.2, 0.25) is 0 Å². The van der Waals surface area contributed by atoms with E-state index in [1.165, 1.54) is 0 Å². The molecule has 0 bridgehead atoms. The fraction of sp³-hybridized carbons (Fsp3) is 0.564. The van der Waals surface area contributed by atoms with Crippen LogP contribution in [0.4, 0.5) is 4.79 Å². The summed E-state index contributed by atoms with van der Waals surface area (Å²) in [6.45, 7) is 5.30. The molecule has 13 heteroatoms. The van der Waals surface area contributed by atoms with Gasteiger partial charge in [0.05, 0.1) is 13.2 Å². The van der Waals surface area contributed by atoms with E-state index in [2.05, 4.69) is 23.7 Å². The van der Waals surface area contributed by atoms with E-state index in [1.54, 1.807) is 4.90 Å². The number of likely N-dealkylation sites (tertiary alicyclic amines) is 1. The Hall–Kier alpha value is -3.57. The lowest BCUT2D eigenvalue weighted by molar-refractivity contribution is -0.214. The van der Waals surface area contributed by atoms with Gasteiger partial charge in [-0.05, 0) is 92.0 Å². The van der Waals surface area contributed by atoms with E-state index in [9.17, 15) is 45.6 Å². The molecule has 2 aromatic carbocycles. The first-order valence-corrected chi connectivity index (χ1v) is 17.6. The molecule has 0 spiro atoms. The third-order valence-corrected chi connectivity index (χ3v) is 10.3. The molecule has 0 aromatic heterocycles. The van der Waals surface area contributed by atoms with Crippen molar-refractivity contribution in [3.63, 3.8) is 0 Å². The monoisotopic (exact) mass is 721 g/mol. The predicted molar refractivity (Wildman–Crippen MR) is 186 cm³/mol. The summed E-state index contributed by atoms with van der Waals surface area (Å²) in [5.74, 6) is 11.7. The normalized spacial score (nSPS) is 34.2. The van der Waals surface area contributed by atoms with E-state index in [-0.39, 0.29) is 17.9 Å². The van der Waals surface area contributed by atoms with Crippen LogP contribution in [-0.4, -0.2) is 145 Å². The zero-order valence-corrected chi connectivity index (χ0v) is 29.3. The Morgan fingerprint density at radius 2 is 1.13 bits per heavy atom. The molecule has 2 aromatic rings. The number of amides is 1. The van der Waals surface area contributed by atoms with Crippen molar-refractivity contribution >= 4 is 6.09 Å². The van der Waals surface area contributed by atoms with Crippen molar-refractivity contribution in [1.82, 2.24) is 4.90 Å². The van der Waals surface area contributed by atoms with Gasteiger partial charge in [0, 0.05) is 24.2 Å². The van der Waals surface area contributed by atoms with Crippen molar-refractivity contribution in [2.75, 3.05) is 26.3 Å². The maximum atomic E-state index is 13.2. The second kappa shape index (κ2) is 15.4. The number of aliphatic hydroxyl groups excluding tert-OH is 8. The smallest absolute Gasteiger partial charge is 0.410 e. The Balaban J connectivity index is 1.34. The average molecular weight is 722 g/mol. The van der Waals surface area contributed by atoms with Gasteiger partial charge in [0.15, 0.2) is 0 Å². The molecule has 13 nitrogen and oxygen atoms in total. The highest BCUT2D eigenvalue weighted by molar-refractivity contribution is 5.77. The number of rotatable bonds is 2. The number of carbonyl (C=O) groups is 1. The van der Waals surface area contributed by atoms with Crippen LogP contribution in [0.15, 0.2) is 36.4 Å². The van der Waals surface area contributed by atoms with Crippen molar-refractivity contribution in [2.24, 2.45) is 0 Å². The highest BCUT2D eigenvalue weighted by Crippen LogP contribution is 2.51. The first-order chi connectivity index (χ1) is 24.7. The molecule has 1 aliphatic carbocycles. The van der Waals surface area contributed by atoms with Crippen molar-refractivity contribution in [3.05, 3.63) is 58.7 Å². The van der Waals surface area contributed by atoms with E-state index < -0.39 is 79.9 Å². The van der Waals surface area contributed by atoms with Crippen LogP contribution in [-0.2, 0) is 14.2 Å². The van der Waals surface area contributed by atoms with Gasteiger partial charge in [-0.25, -0.2) is 4.79 Å². The highest BCUT2D eigenvalue weighted by Gasteiger charge is 2.44. The molecule has 1 amide bonds. The number of nitrogens with zero attached hydrogens (tertiary/aromatic N) is 1. The summed E-state index contributed by atoms with van der Waals surface area (Å²) in [6.07, 6.45) is -12.5. The topological polar surface area (TPSA) is 210 Å². The third kappa shape index (κ3) is 7.72. The molecule has 3 aliphatic heterocycles. The van der Waals surface area contributed by atoms with Crippen molar-refractivity contribution in [2.45, 2.75) is 112 Å². The standard InChI is InChI=1S/C39H47NO12/c1-39(2,3)52-38(49)40-14-12-24-25(13-15-40)27-17-21(7-11-29-33(44)37(48)35(46)31(19-42)51-29)5-9-23(27)22-8-4-20(16-26(22)24)6-10-28-32(43)36(47)34(45)30(18-41)50-28/h4-5,8-9,16-17,24-25,28-37,41-48H,12-15,18-19H2,1-3H3/t24?,25?,28-,29-,30-,31-,32-,33-,34-,35-,36-,37-/m1/s1. The maximum absolute atomic E-state index is 13.2. The number of hydrogen-bond donors (Lipinski definition) is 8. The van der Waals surface area contributed by atoms with E-state index in [0.29, 0.717) is 37.1 Å². The fourth-order valence-corrected chi connectivity index (χ4v) is 7.49. The second-order valence-electron chi connectivity index (χ2n) is 14.9. The Bertz CT molecular complexity index is 1640. The lowest BCUT2D eigenvalue weighted by Gasteiger charge is -2.38. The molecule has 12 atom stereocenters. The number of ether oxygens (including phenoxy) is 3. The molecule has 3 saturated heterocycles. The van der Waals surface area contributed by atoms with Gasteiger partial charge in [0.25, 0.3) is 0 Å². The Morgan fingerprint density at radius 3 is 1.52 bits per heavy atom. The van der Waals surface area contributed by atoms with Crippen LogP contribution in [0, 0.1) is 23.7 Å². The number of hydrogen-bond acceptors (Lipinski definition) is 12. The molecule has 8 N–H and O–H groups in total. The molecule has 2 unspecified atom stereocenters. The molecule has 52 heavy (non-hydrogen) atoms. The number of aliphatic hydroxyl groups is 8. The van der Waals surface area contributed by atoms with Gasteiger partial charge in [0.2, 0.25) is 0 Å². The first-order valence-electron chi connectivity index (χ1n) is 17.6. The minimum Gasteiger partial charge on any atom is -0.444 e. The molecule has 280 valence electrons. The molecule has 0 saturated carbocycles. The second-order valence-corrected chi connectivity index (χ2v) is 14.9. The highest BCUT2D eigenvalue weighted by atomic mass is 16.6. The minimum absolute atomic E-state index is 0.0300. The van der Waals surface area contributed by atoms with Crippen molar-refractivity contribution < 1.29 is 59.9 Å². The van der Waals surface area contributed by atoms with Crippen LogP contribution < -0.4 is 0 Å². The van der Waals surface area contributed by atoms with Crippen LogP contribution in [0.3, 0.4) is 0 Å². The van der Waals surface area contributed by atoms with Gasteiger partial charge in [0.1, 0.15) is 66.6 Å². The van der Waals surface area contributed by atoms with Gasteiger partial charge < -0.3 is 60.0 Å².